The van der Waals surface area contributed by atoms with E-state index in [-0.39, 0.29) is 5.91 Å². The molecule has 0 aliphatic carbocycles. The van der Waals surface area contributed by atoms with Crippen LogP contribution in [0.4, 0.5) is 17.1 Å². The molecule has 1 amide bonds. The summed E-state index contributed by atoms with van der Waals surface area (Å²) in [6.45, 7) is 4.55. The van der Waals surface area contributed by atoms with Crippen LogP contribution in [0.15, 0.2) is 72.8 Å². The molecule has 0 saturated carbocycles. The lowest BCUT2D eigenvalue weighted by Crippen LogP contribution is -2.13. The van der Waals surface area contributed by atoms with Crippen LogP contribution in [-0.2, 0) is 0 Å². The number of aryl methyl sites for hydroxylation is 1. The quantitative estimate of drug-likeness (QED) is 0.629. The predicted molar refractivity (Wildman–Crippen MR) is 106 cm³/mol. The van der Waals surface area contributed by atoms with Crippen molar-refractivity contribution in [2.75, 3.05) is 17.2 Å². The lowest BCUT2D eigenvalue weighted by atomic mass is 10.1. The van der Waals surface area contributed by atoms with Gasteiger partial charge in [0.05, 0.1) is 6.61 Å². The van der Waals surface area contributed by atoms with Crippen molar-refractivity contribution in [2.45, 2.75) is 13.8 Å². The number of carbonyl (C=O) groups is 1. The van der Waals surface area contributed by atoms with Crippen LogP contribution in [0.5, 0.6) is 5.75 Å². The van der Waals surface area contributed by atoms with Crippen LogP contribution in [0.1, 0.15) is 22.8 Å². The second kappa shape index (κ2) is 8.21. The van der Waals surface area contributed by atoms with E-state index in [0.717, 1.165) is 28.4 Å². The standard InChI is InChI=1S/C22H22N2O2/c1-3-26-20-14-12-18(13-15-20)23-17-8-10-19(11-9-17)24-22(25)21-7-5-4-6-16(21)2/h4-15,23H,3H2,1-2H3,(H,24,25). The molecule has 4 nitrogen and oxygen atoms in total. The van der Waals surface area contributed by atoms with Crippen molar-refractivity contribution in [3.63, 3.8) is 0 Å². The molecule has 0 aliphatic heterocycles. The normalized spacial score (nSPS) is 10.2. The van der Waals surface area contributed by atoms with Gasteiger partial charge in [0.2, 0.25) is 0 Å². The third-order valence-corrected chi connectivity index (χ3v) is 3.99. The summed E-state index contributed by atoms with van der Waals surface area (Å²) >= 11 is 0. The molecule has 3 aromatic carbocycles. The number of anilines is 3. The van der Waals surface area contributed by atoms with Gasteiger partial charge in [-0.05, 0) is 74.0 Å². The summed E-state index contributed by atoms with van der Waals surface area (Å²) in [7, 11) is 0. The molecule has 4 heteroatoms. The number of hydrogen-bond acceptors (Lipinski definition) is 3. The molecule has 0 bridgehead atoms. The van der Waals surface area contributed by atoms with Crippen LogP contribution in [0.3, 0.4) is 0 Å². The van der Waals surface area contributed by atoms with E-state index < -0.39 is 0 Å². The molecule has 132 valence electrons. The second-order valence-corrected chi connectivity index (χ2v) is 5.93. The maximum atomic E-state index is 12.4. The van der Waals surface area contributed by atoms with E-state index in [1.165, 1.54) is 0 Å². The van der Waals surface area contributed by atoms with Crippen LogP contribution in [0.25, 0.3) is 0 Å². The van der Waals surface area contributed by atoms with Crippen LogP contribution in [-0.4, -0.2) is 12.5 Å². The molecule has 3 aromatic rings. The number of benzene rings is 3. The van der Waals surface area contributed by atoms with Crippen molar-refractivity contribution in [3.8, 4) is 5.75 Å². The highest BCUT2D eigenvalue weighted by Crippen LogP contribution is 2.22. The van der Waals surface area contributed by atoms with Gasteiger partial charge in [0.1, 0.15) is 5.75 Å². The molecule has 0 atom stereocenters. The summed E-state index contributed by atoms with van der Waals surface area (Å²) in [5, 5.41) is 6.25. The van der Waals surface area contributed by atoms with Gasteiger partial charge in [-0.15, -0.1) is 0 Å². The Morgan fingerprint density at radius 2 is 1.42 bits per heavy atom. The molecule has 2 N–H and O–H groups in total. The maximum absolute atomic E-state index is 12.4. The third-order valence-electron chi connectivity index (χ3n) is 3.99. The van der Waals surface area contributed by atoms with E-state index in [4.69, 9.17) is 4.74 Å². The molecule has 26 heavy (non-hydrogen) atoms. The van der Waals surface area contributed by atoms with Gasteiger partial charge in [-0.25, -0.2) is 0 Å². The number of ether oxygens (including phenoxy) is 1. The molecule has 0 unspecified atom stereocenters. The fraction of sp³-hybridized carbons (Fsp3) is 0.136. The first-order valence-corrected chi connectivity index (χ1v) is 8.62. The zero-order valence-electron chi connectivity index (χ0n) is 15.0. The van der Waals surface area contributed by atoms with Gasteiger partial charge in [0, 0.05) is 22.6 Å². The lowest BCUT2D eigenvalue weighted by Gasteiger charge is -2.10. The van der Waals surface area contributed by atoms with E-state index in [2.05, 4.69) is 10.6 Å². The predicted octanol–water partition coefficient (Wildman–Crippen LogP) is 5.39. The monoisotopic (exact) mass is 346 g/mol. The Balaban J connectivity index is 1.63. The van der Waals surface area contributed by atoms with Crippen molar-refractivity contribution in [1.29, 1.82) is 0 Å². The van der Waals surface area contributed by atoms with Gasteiger partial charge in [0.25, 0.3) is 5.91 Å². The largest absolute Gasteiger partial charge is 0.494 e. The Hall–Kier alpha value is -3.27. The molecule has 3 rings (SSSR count). The van der Waals surface area contributed by atoms with Gasteiger partial charge in [0.15, 0.2) is 0 Å². The summed E-state index contributed by atoms with van der Waals surface area (Å²) in [4.78, 5) is 12.4. The van der Waals surface area contributed by atoms with Crippen molar-refractivity contribution >= 4 is 23.0 Å². The summed E-state index contributed by atoms with van der Waals surface area (Å²) in [6.07, 6.45) is 0. The van der Waals surface area contributed by atoms with Crippen LogP contribution < -0.4 is 15.4 Å². The highest BCUT2D eigenvalue weighted by Gasteiger charge is 2.08. The number of amides is 1. The smallest absolute Gasteiger partial charge is 0.255 e. The molecule has 0 aliphatic rings. The minimum Gasteiger partial charge on any atom is -0.494 e. The molecular formula is C22H22N2O2. The number of hydrogen-bond donors (Lipinski definition) is 2. The molecule has 0 aromatic heterocycles. The Morgan fingerprint density at radius 1 is 0.846 bits per heavy atom. The lowest BCUT2D eigenvalue weighted by molar-refractivity contribution is 0.102. The minimum atomic E-state index is -0.102. The summed E-state index contributed by atoms with van der Waals surface area (Å²) < 4.78 is 5.44. The van der Waals surface area contributed by atoms with E-state index in [0.29, 0.717) is 12.2 Å². The van der Waals surface area contributed by atoms with Crippen LogP contribution in [0.2, 0.25) is 0 Å². The third kappa shape index (κ3) is 4.42. The molecule has 0 radical (unpaired) electrons. The fourth-order valence-electron chi connectivity index (χ4n) is 2.63. The van der Waals surface area contributed by atoms with Crippen molar-refractivity contribution in [2.24, 2.45) is 0 Å². The first-order chi connectivity index (χ1) is 12.7. The maximum Gasteiger partial charge on any atom is 0.255 e. The summed E-state index contributed by atoms with van der Waals surface area (Å²) in [5.41, 5.74) is 4.33. The van der Waals surface area contributed by atoms with E-state index in [9.17, 15) is 4.79 Å². The molecule has 0 saturated heterocycles. The molecule has 0 heterocycles. The number of nitrogens with one attached hydrogen (secondary N) is 2. The van der Waals surface area contributed by atoms with Gasteiger partial charge in [-0.1, -0.05) is 18.2 Å². The van der Waals surface area contributed by atoms with Crippen LogP contribution >= 0.6 is 0 Å². The first kappa shape index (κ1) is 17.5. The van der Waals surface area contributed by atoms with Gasteiger partial charge in [-0.2, -0.15) is 0 Å². The van der Waals surface area contributed by atoms with E-state index in [1.807, 2.05) is 86.6 Å². The molecule has 0 spiro atoms. The Kier molecular flexibility index (Phi) is 5.54. The Morgan fingerprint density at radius 3 is 2.04 bits per heavy atom. The van der Waals surface area contributed by atoms with Crippen LogP contribution in [0, 0.1) is 6.92 Å². The van der Waals surface area contributed by atoms with Crippen molar-refractivity contribution in [3.05, 3.63) is 83.9 Å². The fourth-order valence-corrected chi connectivity index (χ4v) is 2.63. The average molecular weight is 346 g/mol. The van der Waals surface area contributed by atoms with Crippen molar-refractivity contribution in [1.82, 2.24) is 0 Å². The van der Waals surface area contributed by atoms with E-state index >= 15 is 0 Å². The van der Waals surface area contributed by atoms with Gasteiger partial charge in [-0.3, -0.25) is 4.79 Å². The SMILES string of the molecule is CCOc1ccc(Nc2ccc(NC(=O)c3ccccc3C)cc2)cc1. The highest BCUT2D eigenvalue weighted by atomic mass is 16.5. The first-order valence-electron chi connectivity index (χ1n) is 8.62. The second-order valence-electron chi connectivity index (χ2n) is 5.93. The van der Waals surface area contributed by atoms with Gasteiger partial charge >= 0.3 is 0 Å². The zero-order chi connectivity index (χ0) is 18.4. The number of carbonyl (C=O) groups excluding carboxylic acids is 1. The Bertz CT molecular complexity index is 871. The summed E-state index contributed by atoms with van der Waals surface area (Å²) in [6, 6.07) is 23.0. The van der Waals surface area contributed by atoms with Crippen molar-refractivity contribution < 1.29 is 9.53 Å². The number of rotatable bonds is 6. The zero-order valence-corrected chi connectivity index (χ0v) is 15.0. The molecular weight excluding hydrogens is 324 g/mol. The van der Waals surface area contributed by atoms with E-state index in [1.54, 1.807) is 0 Å². The topological polar surface area (TPSA) is 50.4 Å². The van der Waals surface area contributed by atoms with Gasteiger partial charge < -0.3 is 15.4 Å². The Labute approximate surface area is 153 Å². The minimum absolute atomic E-state index is 0.102. The highest BCUT2D eigenvalue weighted by molar-refractivity contribution is 6.05. The average Bonchev–Trinajstić information content (AvgIpc) is 2.65. The summed E-state index contributed by atoms with van der Waals surface area (Å²) in [5.74, 6) is 0.752. The molecule has 0 fully saturated rings.